The third-order valence-electron chi connectivity index (χ3n) is 3.65. The summed E-state index contributed by atoms with van der Waals surface area (Å²) in [7, 11) is 1.93. The summed E-state index contributed by atoms with van der Waals surface area (Å²) >= 11 is 5.94. The molecule has 0 aliphatic heterocycles. The zero-order chi connectivity index (χ0) is 13.1. The monoisotopic (exact) mass is 268 g/mol. The van der Waals surface area contributed by atoms with E-state index in [9.17, 15) is 10.1 Å². The number of halogens is 1. The molecule has 1 aliphatic carbocycles. The maximum absolute atomic E-state index is 11.1. The van der Waals surface area contributed by atoms with E-state index in [0.717, 1.165) is 12.8 Å². The van der Waals surface area contributed by atoms with E-state index < -0.39 is 4.92 Å². The first-order valence-electron chi connectivity index (χ1n) is 6.27. The normalized spacial score (nSPS) is 16.6. The number of para-hydroxylation sites is 1. The number of nitrogens with zero attached hydrogens (tertiary/aromatic N) is 2. The fourth-order valence-corrected chi connectivity index (χ4v) is 2.87. The van der Waals surface area contributed by atoms with Gasteiger partial charge in [0.2, 0.25) is 0 Å². The first kappa shape index (κ1) is 13.1. The molecule has 1 aromatic carbocycles. The summed E-state index contributed by atoms with van der Waals surface area (Å²) in [6.07, 6.45) is 5.86. The minimum atomic E-state index is -0.392. The van der Waals surface area contributed by atoms with E-state index in [2.05, 4.69) is 0 Å². The Hall–Kier alpha value is -1.29. The number of hydrogen-bond donors (Lipinski definition) is 0. The summed E-state index contributed by atoms with van der Waals surface area (Å²) in [4.78, 5) is 12.7. The standard InChI is InChI=1S/C13H17ClN2O2/c1-15(10-6-3-2-4-7-10)12-9-5-8-11(14)13(12)16(17)18/h5,8-10H,2-4,6-7H2,1H3. The number of hydrogen-bond acceptors (Lipinski definition) is 3. The average Bonchev–Trinajstić information content (AvgIpc) is 2.38. The number of anilines is 1. The lowest BCUT2D eigenvalue weighted by molar-refractivity contribution is -0.384. The molecule has 18 heavy (non-hydrogen) atoms. The summed E-state index contributed by atoms with van der Waals surface area (Å²) in [6.45, 7) is 0. The molecule has 0 heterocycles. The first-order valence-corrected chi connectivity index (χ1v) is 6.65. The van der Waals surface area contributed by atoms with Crippen molar-refractivity contribution in [2.75, 3.05) is 11.9 Å². The van der Waals surface area contributed by atoms with Gasteiger partial charge in [-0.25, -0.2) is 0 Å². The minimum Gasteiger partial charge on any atom is -0.366 e. The maximum atomic E-state index is 11.1. The Morgan fingerprint density at radius 1 is 1.33 bits per heavy atom. The van der Waals surface area contributed by atoms with Crippen molar-refractivity contribution in [3.63, 3.8) is 0 Å². The highest BCUT2D eigenvalue weighted by molar-refractivity contribution is 6.33. The Kier molecular flexibility index (Phi) is 4.07. The van der Waals surface area contributed by atoms with Crippen molar-refractivity contribution in [3.8, 4) is 0 Å². The van der Waals surface area contributed by atoms with E-state index in [0.29, 0.717) is 11.7 Å². The molecule has 1 saturated carbocycles. The first-order chi connectivity index (χ1) is 8.61. The summed E-state index contributed by atoms with van der Waals surface area (Å²) in [5, 5.41) is 11.3. The SMILES string of the molecule is CN(c1cccc(Cl)c1[N+](=O)[O-])C1CCCCC1. The number of nitro groups is 1. The molecular weight excluding hydrogens is 252 g/mol. The van der Waals surface area contributed by atoms with E-state index >= 15 is 0 Å². The molecule has 0 spiro atoms. The molecule has 98 valence electrons. The second-order valence-corrected chi connectivity index (χ2v) is 5.17. The van der Waals surface area contributed by atoms with Crippen molar-refractivity contribution in [3.05, 3.63) is 33.3 Å². The van der Waals surface area contributed by atoms with Gasteiger partial charge in [0.25, 0.3) is 0 Å². The lowest BCUT2D eigenvalue weighted by Gasteiger charge is -2.32. The predicted octanol–water partition coefficient (Wildman–Crippen LogP) is 4.02. The molecule has 4 nitrogen and oxygen atoms in total. The Labute approximate surface area is 112 Å². The Bertz CT molecular complexity index is 445. The van der Waals surface area contributed by atoms with Crippen molar-refractivity contribution in [1.29, 1.82) is 0 Å². The largest absolute Gasteiger partial charge is 0.366 e. The third kappa shape index (κ3) is 2.58. The zero-order valence-electron chi connectivity index (χ0n) is 10.4. The zero-order valence-corrected chi connectivity index (χ0v) is 11.2. The summed E-state index contributed by atoms with van der Waals surface area (Å²) < 4.78 is 0. The molecule has 1 aromatic rings. The number of benzene rings is 1. The Morgan fingerprint density at radius 3 is 2.61 bits per heavy atom. The highest BCUT2D eigenvalue weighted by Crippen LogP contribution is 2.37. The second kappa shape index (κ2) is 5.57. The van der Waals surface area contributed by atoms with Crippen LogP contribution in [0.25, 0.3) is 0 Å². The Morgan fingerprint density at radius 2 is 2.00 bits per heavy atom. The predicted molar refractivity (Wildman–Crippen MR) is 73.4 cm³/mol. The summed E-state index contributed by atoms with van der Waals surface area (Å²) in [5.74, 6) is 0. The molecule has 0 saturated heterocycles. The quantitative estimate of drug-likeness (QED) is 0.614. The van der Waals surface area contributed by atoms with E-state index in [1.165, 1.54) is 19.3 Å². The fourth-order valence-electron chi connectivity index (χ4n) is 2.63. The smallest absolute Gasteiger partial charge is 0.310 e. The van der Waals surface area contributed by atoms with Crippen LogP contribution in [0.15, 0.2) is 18.2 Å². The van der Waals surface area contributed by atoms with Crippen molar-refractivity contribution in [1.82, 2.24) is 0 Å². The highest BCUT2D eigenvalue weighted by Gasteiger charge is 2.26. The van der Waals surface area contributed by atoms with Gasteiger partial charge in [-0.3, -0.25) is 10.1 Å². The van der Waals surface area contributed by atoms with Crippen LogP contribution in [0.4, 0.5) is 11.4 Å². The molecule has 1 aliphatic rings. The lowest BCUT2D eigenvalue weighted by Crippen LogP contribution is -2.33. The van der Waals surface area contributed by atoms with Crippen molar-refractivity contribution < 1.29 is 4.92 Å². The minimum absolute atomic E-state index is 0.0206. The van der Waals surface area contributed by atoms with Crippen LogP contribution >= 0.6 is 11.6 Å². The molecule has 0 radical (unpaired) electrons. The average molecular weight is 269 g/mol. The molecule has 5 heteroatoms. The van der Waals surface area contributed by atoms with E-state index in [1.54, 1.807) is 18.2 Å². The van der Waals surface area contributed by atoms with Gasteiger partial charge in [0.15, 0.2) is 0 Å². The number of nitro benzene ring substituents is 1. The van der Waals surface area contributed by atoms with Crippen molar-refractivity contribution in [2.45, 2.75) is 38.1 Å². The molecular formula is C13H17ClN2O2. The van der Waals surface area contributed by atoms with Crippen molar-refractivity contribution in [2.24, 2.45) is 0 Å². The van der Waals surface area contributed by atoms with Crippen LogP contribution in [-0.2, 0) is 0 Å². The second-order valence-electron chi connectivity index (χ2n) is 4.77. The van der Waals surface area contributed by atoms with Crippen LogP contribution in [-0.4, -0.2) is 18.0 Å². The van der Waals surface area contributed by atoms with Gasteiger partial charge in [0.05, 0.1) is 4.92 Å². The van der Waals surface area contributed by atoms with Crippen molar-refractivity contribution >= 4 is 23.0 Å². The molecule has 0 unspecified atom stereocenters. The summed E-state index contributed by atoms with van der Waals surface area (Å²) in [6, 6.07) is 5.50. The van der Waals surface area contributed by atoms with Gasteiger partial charge in [-0.05, 0) is 25.0 Å². The molecule has 0 atom stereocenters. The molecule has 1 fully saturated rings. The van der Waals surface area contributed by atoms with Gasteiger partial charge < -0.3 is 4.90 Å². The van der Waals surface area contributed by atoms with Crippen LogP contribution in [0, 0.1) is 10.1 Å². The molecule has 2 rings (SSSR count). The number of rotatable bonds is 3. The van der Waals surface area contributed by atoms with Crippen LogP contribution < -0.4 is 4.90 Å². The lowest BCUT2D eigenvalue weighted by atomic mass is 9.94. The van der Waals surface area contributed by atoms with Gasteiger partial charge in [0, 0.05) is 13.1 Å². The van der Waals surface area contributed by atoms with E-state index in [4.69, 9.17) is 11.6 Å². The van der Waals surface area contributed by atoms with Crippen LogP contribution in [0.1, 0.15) is 32.1 Å². The van der Waals surface area contributed by atoms with Gasteiger partial charge in [-0.15, -0.1) is 0 Å². The van der Waals surface area contributed by atoms with Crippen LogP contribution in [0.5, 0.6) is 0 Å². The third-order valence-corrected chi connectivity index (χ3v) is 3.96. The molecule has 0 N–H and O–H groups in total. The molecule has 0 amide bonds. The van der Waals surface area contributed by atoms with Gasteiger partial charge in [-0.2, -0.15) is 0 Å². The molecule has 0 aromatic heterocycles. The van der Waals surface area contributed by atoms with Gasteiger partial charge in [-0.1, -0.05) is 36.9 Å². The van der Waals surface area contributed by atoms with E-state index in [-0.39, 0.29) is 10.7 Å². The van der Waals surface area contributed by atoms with E-state index in [1.807, 2.05) is 11.9 Å². The maximum Gasteiger partial charge on any atom is 0.310 e. The van der Waals surface area contributed by atoms with Crippen LogP contribution in [0.2, 0.25) is 5.02 Å². The van der Waals surface area contributed by atoms with Crippen LogP contribution in [0.3, 0.4) is 0 Å². The highest BCUT2D eigenvalue weighted by atomic mass is 35.5. The van der Waals surface area contributed by atoms with Gasteiger partial charge in [0.1, 0.15) is 10.7 Å². The van der Waals surface area contributed by atoms with Gasteiger partial charge >= 0.3 is 5.69 Å². The Balaban J connectivity index is 2.31. The fraction of sp³-hybridized carbons (Fsp3) is 0.538. The summed E-state index contributed by atoms with van der Waals surface area (Å²) in [5.41, 5.74) is 0.645. The topological polar surface area (TPSA) is 46.4 Å². The molecule has 0 bridgehead atoms.